The molecule has 1 aliphatic rings. The molecule has 0 aliphatic carbocycles. The summed E-state index contributed by atoms with van der Waals surface area (Å²) in [6.07, 6.45) is 7.74. The first-order valence-corrected chi connectivity index (χ1v) is 7.80. The minimum Gasteiger partial charge on any atom is -0.394 e. The molecule has 2 N–H and O–H groups in total. The predicted octanol–water partition coefficient (Wildman–Crippen LogP) is 2.49. The van der Waals surface area contributed by atoms with Gasteiger partial charge in [-0.05, 0) is 38.4 Å². The first-order chi connectivity index (χ1) is 9.80. The van der Waals surface area contributed by atoms with E-state index in [1.807, 2.05) is 13.2 Å². The number of rotatable bonds is 5. The molecule has 0 spiro atoms. The smallest absolute Gasteiger partial charge is 0.0635 e. The molecule has 0 bridgehead atoms. The van der Waals surface area contributed by atoms with Crippen LogP contribution < -0.4 is 10.2 Å². The van der Waals surface area contributed by atoms with Crippen LogP contribution in [0.2, 0.25) is 0 Å². The molecule has 112 valence electrons. The van der Waals surface area contributed by atoms with Crippen molar-refractivity contribution in [1.82, 2.24) is 10.3 Å². The highest BCUT2D eigenvalue weighted by Gasteiger charge is 2.21. The lowest BCUT2D eigenvalue weighted by molar-refractivity contribution is 0.255. The van der Waals surface area contributed by atoms with E-state index in [1.165, 1.54) is 19.3 Å². The van der Waals surface area contributed by atoms with Crippen LogP contribution in [0.1, 0.15) is 50.8 Å². The number of hydrogen-bond acceptors (Lipinski definition) is 4. The van der Waals surface area contributed by atoms with Crippen molar-refractivity contribution >= 4 is 5.69 Å². The fraction of sp³-hybridized carbons (Fsp3) is 0.688. The molecule has 0 amide bonds. The molecule has 1 saturated heterocycles. The maximum absolute atomic E-state index is 9.59. The van der Waals surface area contributed by atoms with Crippen molar-refractivity contribution < 1.29 is 5.11 Å². The van der Waals surface area contributed by atoms with E-state index in [2.05, 4.69) is 34.3 Å². The van der Waals surface area contributed by atoms with Crippen LogP contribution in [-0.4, -0.2) is 36.3 Å². The minimum atomic E-state index is 0.232. The second-order valence-electron chi connectivity index (χ2n) is 5.57. The van der Waals surface area contributed by atoms with Gasteiger partial charge in [-0.3, -0.25) is 4.98 Å². The van der Waals surface area contributed by atoms with Gasteiger partial charge in [0, 0.05) is 12.6 Å². The molecule has 2 atom stereocenters. The molecule has 2 unspecified atom stereocenters. The number of nitrogens with zero attached hydrogens (tertiary/aromatic N) is 2. The van der Waals surface area contributed by atoms with E-state index in [0.29, 0.717) is 6.04 Å². The second-order valence-corrected chi connectivity index (χ2v) is 5.57. The summed E-state index contributed by atoms with van der Waals surface area (Å²) in [6.45, 7) is 3.42. The van der Waals surface area contributed by atoms with Crippen LogP contribution in [0.25, 0.3) is 0 Å². The summed E-state index contributed by atoms with van der Waals surface area (Å²) in [6, 6.07) is 4.83. The summed E-state index contributed by atoms with van der Waals surface area (Å²) in [5.41, 5.74) is 2.23. The quantitative estimate of drug-likeness (QED) is 0.868. The van der Waals surface area contributed by atoms with Crippen molar-refractivity contribution in [2.45, 2.75) is 51.1 Å². The van der Waals surface area contributed by atoms with Gasteiger partial charge in [-0.15, -0.1) is 0 Å². The summed E-state index contributed by atoms with van der Waals surface area (Å²) in [4.78, 5) is 6.93. The van der Waals surface area contributed by atoms with E-state index >= 15 is 0 Å². The van der Waals surface area contributed by atoms with E-state index in [0.717, 1.165) is 30.8 Å². The third kappa shape index (κ3) is 3.49. The maximum Gasteiger partial charge on any atom is 0.0635 e. The van der Waals surface area contributed by atoms with Gasteiger partial charge in [-0.2, -0.15) is 0 Å². The van der Waals surface area contributed by atoms with Crippen molar-refractivity contribution in [3.8, 4) is 0 Å². The molecule has 1 fully saturated rings. The average Bonchev–Trinajstić information content (AvgIpc) is 2.74. The normalized spacial score (nSPS) is 21.6. The Labute approximate surface area is 122 Å². The predicted molar refractivity (Wildman–Crippen MR) is 83.0 cm³/mol. The van der Waals surface area contributed by atoms with Crippen LogP contribution in [0, 0.1) is 0 Å². The molecule has 20 heavy (non-hydrogen) atoms. The fourth-order valence-electron chi connectivity index (χ4n) is 3.04. The Morgan fingerprint density at radius 3 is 2.85 bits per heavy atom. The van der Waals surface area contributed by atoms with Crippen molar-refractivity contribution in [2.75, 3.05) is 25.1 Å². The maximum atomic E-state index is 9.59. The standard InChI is InChI=1S/C16H27N3O/c1-3-15(17-2)16-9-8-13(11-18-16)19-10-6-4-5-7-14(19)12-20/h8-9,11,14-15,17,20H,3-7,10,12H2,1-2H3. The van der Waals surface area contributed by atoms with Gasteiger partial charge in [-0.25, -0.2) is 0 Å². The third-order valence-corrected chi connectivity index (χ3v) is 4.30. The van der Waals surface area contributed by atoms with Crippen LogP contribution in [0.5, 0.6) is 0 Å². The molecule has 1 aromatic heterocycles. The van der Waals surface area contributed by atoms with Crippen LogP contribution in [-0.2, 0) is 0 Å². The van der Waals surface area contributed by atoms with E-state index in [-0.39, 0.29) is 12.6 Å². The van der Waals surface area contributed by atoms with Gasteiger partial charge in [0.2, 0.25) is 0 Å². The summed E-state index contributed by atoms with van der Waals surface area (Å²) in [5.74, 6) is 0. The molecule has 1 aromatic rings. The lowest BCUT2D eigenvalue weighted by atomic mass is 10.1. The van der Waals surface area contributed by atoms with E-state index < -0.39 is 0 Å². The van der Waals surface area contributed by atoms with E-state index in [4.69, 9.17) is 0 Å². The summed E-state index contributed by atoms with van der Waals surface area (Å²) in [7, 11) is 1.97. The minimum absolute atomic E-state index is 0.232. The lowest BCUT2D eigenvalue weighted by Gasteiger charge is -2.30. The Balaban J connectivity index is 2.14. The summed E-state index contributed by atoms with van der Waals surface area (Å²) >= 11 is 0. The number of anilines is 1. The average molecular weight is 277 g/mol. The number of hydrogen-bond donors (Lipinski definition) is 2. The number of nitrogens with one attached hydrogen (secondary N) is 1. The first kappa shape index (κ1) is 15.3. The Hall–Kier alpha value is -1.13. The van der Waals surface area contributed by atoms with E-state index in [9.17, 15) is 5.11 Å². The molecule has 0 aromatic carbocycles. The second kappa shape index (κ2) is 7.60. The fourth-order valence-corrected chi connectivity index (χ4v) is 3.04. The largest absolute Gasteiger partial charge is 0.394 e. The van der Waals surface area contributed by atoms with Gasteiger partial charge < -0.3 is 15.3 Å². The SMILES string of the molecule is CCC(NC)c1ccc(N2CCCCCC2CO)cn1. The lowest BCUT2D eigenvalue weighted by Crippen LogP contribution is -2.37. The monoisotopic (exact) mass is 277 g/mol. The van der Waals surface area contributed by atoms with E-state index in [1.54, 1.807) is 0 Å². The van der Waals surface area contributed by atoms with Gasteiger partial charge in [-0.1, -0.05) is 19.8 Å². The number of aliphatic hydroxyl groups excluding tert-OH is 1. The van der Waals surface area contributed by atoms with Gasteiger partial charge in [0.05, 0.1) is 30.2 Å². The molecular weight excluding hydrogens is 250 g/mol. The van der Waals surface area contributed by atoms with Crippen LogP contribution in [0.3, 0.4) is 0 Å². The van der Waals surface area contributed by atoms with Gasteiger partial charge >= 0.3 is 0 Å². The van der Waals surface area contributed by atoms with Crippen LogP contribution in [0.15, 0.2) is 18.3 Å². The van der Waals surface area contributed by atoms with Crippen LogP contribution >= 0.6 is 0 Å². The highest BCUT2D eigenvalue weighted by atomic mass is 16.3. The zero-order chi connectivity index (χ0) is 14.4. The highest BCUT2D eigenvalue weighted by Crippen LogP contribution is 2.24. The molecular formula is C16H27N3O. The Kier molecular flexibility index (Phi) is 5.80. The Morgan fingerprint density at radius 2 is 2.25 bits per heavy atom. The Bertz CT molecular complexity index is 389. The molecule has 1 aliphatic heterocycles. The van der Waals surface area contributed by atoms with Gasteiger partial charge in [0.25, 0.3) is 0 Å². The zero-order valence-electron chi connectivity index (χ0n) is 12.7. The molecule has 0 saturated carbocycles. The molecule has 4 heteroatoms. The van der Waals surface area contributed by atoms with Crippen LogP contribution in [0.4, 0.5) is 5.69 Å². The number of aliphatic hydroxyl groups is 1. The number of aromatic nitrogens is 1. The van der Waals surface area contributed by atoms with Crippen molar-refractivity contribution in [2.24, 2.45) is 0 Å². The third-order valence-electron chi connectivity index (χ3n) is 4.30. The topological polar surface area (TPSA) is 48.4 Å². The summed E-state index contributed by atoms with van der Waals surface area (Å²) in [5, 5.41) is 12.9. The van der Waals surface area contributed by atoms with Crippen molar-refractivity contribution in [3.63, 3.8) is 0 Å². The summed E-state index contributed by atoms with van der Waals surface area (Å²) < 4.78 is 0. The van der Waals surface area contributed by atoms with Crippen molar-refractivity contribution in [3.05, 3.63) is 24.0 Å². The highest BCUT2D eigenvalue weighted by molar-refractivity contribution is 5.46. The molecule has 2 rings (SSSR count). The zero-order valence-corrected chi connectivity index (χ0v) is 12.7. The molecule has 4 nitrogen and oxygen atoms in total. The first-order valence-electron chi connectivity index (χ1n) is 7.80. The van der Waals surface area contributed by atoms with Gasteiger partial charge in [0.1, 0.15) is 0 Å². The molecule has 0 radical (unpaired) electrons. The molecule has 2 heterocycles. The number of pyridine rings is 1. The van der Waals surface area contributed by atoms with Crippen molar-refractivity contribution in [1.29, 1.82) is 0 Å². The Morgan fingerprint density at radius 1 is 1.40 bits per heavy atom. The van der Waals surface area contributed by atoms with Gasteiger partial charge in [0.15, 0.2) is 0 Å².